The number of aryl methyl sites for hydroxylation is 1. The topological polar surface area (TPSA) is 47.7 Å². The molecule has 0 amide bonds. The molecule has 1 fully saturated rings. The van der Waals surface area contributed by atoms with Crippen molar-refractivity contribution in [2.45, 2.75) is 26.4 Å². The third-order valence-corrected chi connectivity index (χ3v) is 3.98. The molecule has 0 aromatic heterocycles. The Hall–Kier alpha value is -0.970. The number of halogens is 1. The highest BCUT2D eigenvalue weighted by Crippen LogP contribution is 2.31. The fourth-order valence-electron chi connectivity index (χ4n) is 2.66. The van der Waals surface area contributed by atoms with Crippen molar-refractivity contribution in [3.8, 4) is 11.5 Å². The summed E-state index contributed by atoms with van der Waals surface area (Å²) in [7, 11) is 3.34. The standard InChI is InChI=1S/C15H24N2O2.ClH/c1-10-5-14(18-3)15(19-4)6-12(10)8-17-7-11(2)13(16)9-17;/h5-6,11,13H,7-9,16H2,1-4H3;1H. The molecule has 0 saturated carbocycles. The maximum Gasteiger partial charge on any atom is 0.161 e. The van der Waals surface area contributed by atoms with Crippen molar-refractivity contribution in [1.82, 2.24) is 4.90 Å². The van der Waals surface area contributed by atoms with E-state index in [-0.39, 0.29) is 12.4 Å². The molecular weight excluding hydrogens is 276 g/mol. The summed E-state index contributed by atoms with van der Waals surface area (Å²) in [5, 5.41) is 0. The first-order valence-corrected chi connectivity index (χ1v) is 6.74. The molecule has 1 aromatic carbocycles. The van der Waals surface area contributed by atoms with Crippen LogP contribution in [-0.2, 0) is 6.54 Å². The minimum atomic E-state index is 0. The van der Waals surface area contributed by atoms with Gasteiger partial charge in [0.05, 0.1) is 14.2 Å². The second-order valence-corrected chi connectivity index (χ2v) is 5.47. The molecule has 114 valence electrons. The summed E-state index contributed by atoms with van der Waals surface area (Å²) in [4.78, 5) is 2.41. The van der Waals surface area contributed by atoms with E-state index in [4.69, 9.17) is 15.2 Å². The van der Waals surface area contributed by atoms with Crippen molar-refractivity contribution in [2.75, 3.05) is 27.3 Å². The maximum absolute atomic E-state index is 6.08. The van der Waals surface area contributed by atoms with Gasteiger partial charge in [-0.15, -0.1) is 12.4 Å². The smallest absolute Gasteiger partial charge is 0.161 e. The Labute approximate surface area is 127 Å². The lowest BCUT2D eigenvalue weighted by atomic mass is 10.1. The third kappa shape index (κ3) is 3.57. The van der Waals surface area contributed by atoms with Crippen LogP contribution in [0.25, 0.3) is 0 Å². The van der Waals surface area contributed by atoms with E-state index in [1.807, 2.05) is 6.07 Å². The minimum absolute atomic E-state index is 0. The molecule has 1 aliphatic heterocycles. The van der Waals surface area contributed by atoms with Crippen LogP contribution in [0.15, 0.2) is 12.1 Å². The molecule has 0 spiro atoms. The molecule has 1 heterocycles. The van der Waals surface area contributed by atoms with E-state index in [1.54, 1.807) is 14.2 Å². The number of ether oxygens (including phenoxy) is 2. The highest BCUT2D eigenvalue weighted by Gasteiger charge is 2.26. The molecule has 20 heavy (non-hydrogen) atoms. The maximum atomic E-state index is 6.08. The lowest BCUT2D eigenvalue weighted by Crippen LogP contribution is -2.28. The minimum Gasteiger partial charge on any atom is -0.493 e. The van der Waals surface area contributed by atoms with E-state index in [2.05, 4.69) is 24.8 Å². The molecule has 4 nitrogen and oxygen atoms in total. The first kappa shape index (κ1) is 17.1. The molecule has 2 rings (SSSR count). The van der Waals surface area contributed by atoms with Crippen molar-refractivity contribution < 1.29 is 9.47 Å². The van der Waals surface area contributed by atoms with Crippen molar-refractivity contribution in [3.05, 3.63) is 23.3 Å². The van der Waals surface area contributed by atoms with Gasteiger partial charge in [-0.2, -0.15) is 0 Å². The largest absolute Gasteiger partial charge is 0.493 e. The first-order valence-electron chi connectivity index (χ1n) is 6.74. The number of rotatable bonds is 4. The Morgan fingerprint density at radius 2 is 1.80 bits per heavy atom. The summed E-state index contributed by atoms with van der Waals surface area (Å²) in [5.41, 5.74) is 8.58. The van der Waals surface area contributed by atoms with E-state index in [0.29, 0.717) is 12.0 Å². The number of nitrogens with zero attached hydrogens (tertiary/aromatic N) is 1. The van der Waals surface area contributed by atoms with Crippen molar-refractivity contribution >= 4 is 12.4 Å². The highest BCUT2D eigenvalue weighted by molar-refractivity contribution is 5.85. The molecule has 0 aliphatic carbocycles. The molecule has 2 atom stereocenters. The van der Waals surface area contributed by atoms with Crippen LogP contribution in [0.2, 0.25) is 0 Å². The quantitative estimate of drug-likeness (QED) is 0.926. The van der Waals surface area contributed by atoms with Gasteiger partial charge in [0, 0.05) is 25.7 Å². The molecule has 2 unspecified atom stereocenters. The molecule has 1 aromatic rings. The lowest BCUT2D eigenvalue weighted by Gasteiger charge is -2.18. The number of benzene rings is 1. The van der Waals surface area contributed by atoms with E-state index < -0.39 is 0 Å². The number of likely N-dealkylation sites (tertiary alicyclic amines) is 1. The van der Waals surface area contributed by atoms with Gasteiger partial charge in [0.15, 0.2) is 11.5 Å². The molecule has 0 radical (unpaired) electrons. The van der Waals surface area contributed by atoms with Crippen LogP contribution in [-0.4, -0.2) is 38.3 Å². The fraction of sp³-hybridized carbons (Fsp3) is 0.600. The molecular formula is C15H25ClN2O2. The van der Waals surface area contributed by atoms with Crippen LogP contribution < -0.4 is 15.2 Å². The second kappa shape index (κ2) is 7.16. The van der Waals surface area contributed by atoms with Gasteiger partial charge >= 0.3 is 0 Å². The zero-order chi connectivity index (χ0) is 14.0. The van der Waals surface area contributed by atoms with E-state index in [9.17, 15) is 0 Å². The predicted octanol–water partition coefficient (Wildman–Crippen LogP) is 2.21. The van der Waals surface area contributed by atoms with Crippen molar-refractivity contribution in [1.29, 1.82) is 0 Å². The molecule has 1 saturated heterocycles. The van der Waals surface area contributed by atoms with Crippen LogP contribution in [0.3, 0.4) is 0 Å². The monoisotopic (exact) mass is 300 g/mol. The van der Waals surface area contributed by atoms with Crippen LogP contribution in [0.4, 0.5) is 0 Å². The van der Waals surface area contributed by atoms with Gasteiger partial charge in [-0.25, -0.2) is 0 Å². The van der Waals surface area contributed by atoms with Crippen LogP contribution in [0, 0.1) is 12.8 Å². The first-order chi connectivity index (χ1) is 9.05. The van der Waals surface area contributed by atoms with E-state index in [0.717, 1.165) is 31.1 Å². The van der Waals surface area contributed by atoms with Gasteiger partial charge in [-0.3, -0.25) is 4.90 Å². The zero-order valence-electron chi connectivity index (χ0n) is 12.7. The summed E-state index contributed by atoms with van der Waals surface area (Å²) in [6.07, 6.45) is 0. The van der Waals surface area contributed by atoms with Crippen LogP contribution >= 0.6 is 12.4 Å². The van der Waals surface area contributed by atoms with Gasteiger partial charge in [-0.05, 0) is 36.1 Å². The Morgan fingerprint density at radius 3 is 2.30 bits per heavy atom. The third-order valence-electron chi connectivity index (χ3n) is 3.98. The number of hydrogen-bond donors (Lipinski definition) is 1. The molecule has 1 aliphatic rings. The van der Waals surface area contributed by atoms with Crippen molar-refractivity contribution in [3.63, 3.8) is 0 Å². The summed E-state index contributed by atoms with van der Waals surface area (Å²) >= 11 is 0. The summed E-state index contributed by atoms with van der Waals surface area (Å²) in [5.74, 6) is 2.15. The summed E-state index contributed by atoms with van der Waals surface area (Å²) in [6.45, 7) is 7.27. The van der Waals surface area contributed by atoms with Gasteiger partial charge < -0.3 is 15.2 Å². The van der Waals surface area contributed by atoms with Crippen molar-refractivity contribution in [2.24, 2.45) is 11.7 Å². The van der Waals surface area contributed by atoms with Gasteiger partial charge in [0.25, 0.3) is 0 Å². The fourth-order valence-corrected chi connectivity index (χ4v) is 2.66. The summed E-state index contributed by atoms with van der Waals surface area (Å²) in [6, 6.07) is 4.40. The SMILES string of the molecule is COc1cc(C)c(CN2CC(C)C(N)C2)cc1OC.Cl. The Morgan fingerprint density at radius 1 is 1.20 bits per heavy atom. The Bertz CT molecular complexity index is 444. The predicted molar refractivity (Wildman–Crippen MR) is 83.9 cm³/mol. The molecule has 2 N–H and O–H groups in total. The van der Waals surface area contributed by atoms with Crippen LogP contribution in [0.1, 0.15) is 18.1 Å². The number of nitrogens with two attached hydrogens (primary N) is 1. The van der Waals surface area contributed by atoms with E-state index in [1.165, 1.54) is 11.1 Å². The van der Waals surface area contributed by atoms with E-state index >= 15 is 0 Å². The second-order valence-electron chi connectivity index (χ2n) is 5.47. The van der Waals surface area contributed by atoms with Gasteiger partial charge in [0.2, 0.25) is 0 Å². The lowest BCUT2D eigenvalue weighted by molar-refractivity contribution is 0.315. The number of methoxy groups -OCH3 is 2. The molecule has 5 heteroatoms. The zero-order valence-corrected chi connectivity index (χ0v) is 13.5. The average Bonchev–Trinajstić information content (AvgIpc) is 2.70. The Kier molecular flexibility index (Phi) is 6.11. The highest BCUT2D eigenvalue weighted by atomic mass is 35.5. The molecule has 0 bridgehead atoms. The van der Waals surface area contributed by atoms with Gasteiger partial charge in [-0.1, -0.05) is 6.92 Å². The normalized spacial score (nSPS) is 22.4. The van der Waals surface area contributed by atoms with Gasteiger partial charge in [0.1, 0.15) is 0 Å². The Balaban J connectivity index is 0.00000200. The number of hydrogen-bond acceptors (Lipinski definition) is 4. The average molecular weight is 301 g/mol. The van der Waals surface area contributed by atoms with Crippen LogP contribution in [0.5, 0.6) is 11.5 Å². The summed E-state index contributed by atoms with van der Waals surface area (Å²) < 4.78 is 10.7.